The van der Waals surface area contributed by atoms with Crippen LogP contribution >= 0.6 is 11.6 Å². The zero-order chi connectivity index (χ0) is 24.4. The molecule has 2 aromatic heterocycles. The number of carboxylic acid groups (broad SMARTS) is 1. The molecule has 2 aliphatic rings. The molecule has 10 nitrogen and oxygen atoms in total. The second kappa shape index (κ2) is 9.87. The largest absolute Gasteiger partial charge is 0.465 e. The Kier molecular flexibility index (Phi) is 6.66. The van der Waals surface area contributed by atoms with Crippen LogP contribution in [0, 0.1) is 0 Å². The number of hydrogen-bond acceptors (Lipinski definition) is 7. The molecule has 0 bridgehead atoms. The minimum absolute atomic E-state index is 0.0387. The third-order valence-corrected chi connectivity index (χ3v) is 7.15. The molecule has 0 radical (unpaired) electrons. The third kappa shape index (κ3) is 5.43. The van der Waals surface area contributed by atoms with E-state index in [-0.39, 0.29) is 17.6 Å². The number of amides is 1. The van der Waals surface area contributed by atoms with Gasteiger partial charge in [0.05, 0.1) is 6.20 Å². The molecular weight excluding hydrogens is 470 g/mol. The Hall–Kier alpha value is -3.11. The molecule has 2 fully saturated rings. The minimum atomic E-state index is -0.977. The summed E-state index contributed by atoms with van der Waals surface area (Å²) < 4.78 is 7.65. The van der Waals surface area contributed by atoms with Gasteiger partial charge in [-0.25, -0.2) is 14.8 Å². The standard InChI is InChI=1S/C24H30ClN7O3/c1-24(9-11-35-12-10-24)31-21-26-14-19-20(30-21)32(18-7-5-16(6-8-18)28-23(33)34)22(29-19)27-17-4-2-3-15(25)13-17/h2-4,13-14,16,18,28H,5-12H2,1H3,(H,27,29)(H,33,34)(H,26,30,31). The topological polar surface area (TPSA) is 126 Å². The van der Waals surface area contributed by atoms with Crippen LogP contribution in [0.15, 0.2) is 30.5 Å². The normalized spacial score (nSPS) is 22.0. The number of aromatic nitrogens is 4. The SMILES string of the molecule is CC1(Nc2ncc3nc(Nc4cccc(Cl)c4)n(C4CCC(NC(=O)O)CC4)c3n2)CCOCC1. The number of fused-ring (bicyclic) bond motifs is 1. The first kappa shape index (κ1) is 23.6. The van der Waals surface area contributed by atoms with E-state index < -0.39 is 6.09 Å². The maximum atomic E-state index is 11.1. The number of benzene rings is 1. The van der Waals surface area contributed by atoms with E-state index in [2.05, 4.69) is 32.4 Å². The Morgan fingerprint density at radius 1 is 1.20 bits per heavy atom. The molecular formula is C24H30ClN7O3. The fourth-order valence-corrected chi connectivity index (χ4v) is 5.14. The number of carbonyl (C=O) groups is 1. The van der Waals surface area contributed by atoms with Crippen LogP contribution in [0.25, 0.3) is 11.2 Å². The highest BCUT2D eigenvalue weighted by atomic mass is 35.5. The Labute approximate surface area is 208 Å². The van der Waals surface area contributed by atoms with Crippen molar-refractivity contribution in [2.24, 2.45) is 0 Å². The lowest BCUT2D eigenvalue weighted by Crippen LogP contribution is -2.41. The van der Waals surface area contributed by atoms with E-state index in [1.807, 2.05) is 24.3 Å². The number of hydrogen-bond donors (Lipinski definition) is 4. The maximum Gasteiger partial charge on any atom is 0.404 e. The second-order valence-corrected chi connectivity index (χ2v) is 10.0. The molecule has 4 N–H and O–H groups in total. The average molecular weight is 500 g/mol. The van der Waals surface area contributed by atoms with E-state index >= 15 is 0 Å². The summed E-state index contributed by atoms with van der Waals surface area (Å²) in [5, 5.41) is 19.3. The molecule has 1 saturated heterocycles. The van der Waals surface area contributed by atoms with Crippen molar-refractivity contribution in [3.05, 3.63) is 35.5 Å². The molecule has 1 aromatic carbocycles. The van der Waals surface area contributed by atoms with Gasteiger partial charge in [-0.15, -0.1) is 0 Å². The van der Waals surface area contributed by atoms with Crippen LogP contribution in [0.2, 0.25) is 5.02 Å². The van der Waals surface area contributed by atoms with Crippen molar-refractivity contribution in [2.75, 3.05) is 23.8 Å². The lowest BCUT2D eigenvalue weighted by atomic mass is 9.91. The molecule has 0 atom stereocenters. The first-order valence-electron chi connectivity index (χ1n) is 12.0. The van der Waals surface area contributed by atoms with E-state index in [4.69, 9.17) is 31.4 Å². The molecule has 0 unspecified atom stereocenters. The van der Waals surface area contributed by atoms with Crippen LogP contribution in [0.5, 0.6) is 0 Å². The minimum Gasteiger partial charge on any atom is -0.465 e. The van der Waals surface area contributed by atoms with E-state index in [9.17, 15) is 4.79 Å². The maximum absolute atomic E-state index is 11.1. The molecule has 11 heteroatoms. The predicted octanol–water partition coefficient (Wildman–Crippen LogP) is 4.96. The Balaban J connectivity index is 1.48. The van der Waals surface area contributed by atoms with Gasteiger partial charge in [0, 0.05) is 41.5 Å². The van der Waals surface area contributed by atoms with Gasteiger partial charge < -0.3 is 25.8 Å². The van der Waals surface area contributed by atoms with Crippen molar-refractivity contribution in [3.8, 4) is 0 Å². The average Bonchev–Trinajstić information content (AvgIpc) is 3.16. The highest BCUT2D eigenvalue weighted by Crippen LogP contribution is 2.35. The second-order valence-electron chi connectivity index (χ2n) is 9.60. The van der Waals surface area contributed by atoms with Crippen molar-refractivity contribution in [1.29, 1.82) is 0 Å². The number of ether oxygens (including phenoxy) is 1. The van der Waals surface area contributed by atoms with Gasteiger partial charge in [0.25, 0.3) is 0 Å². The van der Waals surface area contributed by atoms with Gasteiger partial charge >= 0.3 is 6.09 Å². The number of rotatable bonds is 6. The number of nitrogens with zero attached hydrogens (tertiary/aromatic N) is 4. The summed E-state index contributed by atoms with van der Waals surface area (Å²) in [5.74, 6) is 1.24. The van der Waals surface area contributed by atoms with Gasteiger partial charge in [-0.1, -0.05) is 17.7 Å². The van der Waals surface area contributed by atoms with E-state index in [0.29, 0.717) is 35.6 Å². The number of nitrogens with one attached hydrogen (secondary N) is 3. The molecule has 186 valence electrons. The molecule has 3 aromatic rings. The summed E-state index contributed by atoms with van der Waals surface area (Å²) >= 11 is 6.20. The molecule has 5 rings (SSSR count). The quantitative estimate of drug-likeness (QED) is 0.375. The van der Waals surface area contributed by atoms with Crippen molar-refractivity contribution < 1.29 is 14.6 Å². The Morgan fingerprint density at radius 3 is 2.69 bits per heavy atom. The smallest absolute Gasteiger partial charge is 0.404 e. The highest BCUT2D eigenvalue weighted by molar-refractivity contribution is 6.30. The third-order valence-electron chi connectivity index (χ3n) is 6.91. The summed E-state index contributed by atoms with van der Waals surface area (Å²) in [6.07, 6.45) is 5.67. The zero-order valence-corrected chi connectivity index (χ0v) is 20.4. The molecule has 1 aliphatic heterocycles. The van der Waals surface area contributed by atoms with Crippen LogP contribution < -0.4 is 16.0 Å². The summed E-state index contributed by atoms with van der Waals surface area (Å²) in [4.78, 5) is 25.3. The molecule has 35 heavy (non-hydrogen) atoms. The molecule has 1 saturated carbocycles. The van der Waals surface area contributed by atoms with E-state index in [0.717, 1.165) is 49.9 Å². The summed E-state index contributed by atoms with van der Waals surface area (Å²) in [7, 11) is 0. The van der Waals surface area contributed by atoms with Crippen LogP contribution in [0.3, 0.4) is 0 Å². The van der Waals surface area contributed by atoms with Gasteiger partial charge in [-0.2, -0.15) is 4.98 Å². The highest BCUT2D eigenvalue weighted by Gasteiger charge is 2.30. The van der Waals surface area contributed by atoms with Crippen LogP contribution in [-0.2, 0) is 4.74 Å². The van der Waals surface area contributed by atoms with Crippen molar-refractivity contribution in [2.45, 2.75) is 63.1 Å². The van der Waals surface area contributed by atoms with E-state index in [1.54, 1.807) is 6.20 Å². The van der Waals surface area contributed by atoms with Crippen molar-refractivity contribution in [1.82, 2.24) is 24.8 Å². The van der Waals surface area contributed by atoms with Gasteiger partial charge in [0.2, 0.25) is 11.9 Å². The fraction of sp³-hybridized carbons (Fsp3) is 0.500. The first-order valence-corrected chi connectivity index (χ1v) is 12.4. The van der Waals surface area contributed by atoms with Gasteiger partial charge in [-0.05, 0) is 63.6 Å². The van der Waals surface area contributed by atoms with Crippen LogP contribution in [-0.4, -0.2) is 55.5 Å². The Bertz CT molecular complexity index is 1200. The molecule has 0 spiro atoms. The molecule has 3 heterocycles. The Morgan fingerprint density at radius 2 is 1.97 bits per heavy atom. The predicted molar refractivity (Wildman–Crippen MR) is 135 cm³/mol. The number of anilines is 3. The zero-order valence-electron chi connectivity index (χ0n) is 19.6. The van der Waals surface area contributed by atoms with Crippen LogP contribution in [0.1, 0.15) is 51.5 Å². The summed E-state index contributed by atoms with van der Waals surface area (Å²) in [6.45, 7) is 3.60. The fourth-order valence-electron chi connectivity index (χ4n) is 4.95. The first-order chi connectivity index (χ1) is 16.9. The lowest BCUT2D eigenvalue weighted by molar-refractivity contribution is 0.0656. The lowest BCUT2D eigenvalue weighted by Gasteiger charge is -2.34. The monoisotopic (exact) mass is 499 g/mol. The van der Waals surface area contributed by atoms with Crippen LogP contribution in [0.4, 0.5) is 22.4 Å². The molecule has 1 amide bonds. The number of halogens is 1. The van der Waals surface area contributed by atoms with Crippen molar-refractivity contribution in [3.63, 3.8) is 0 Å². The van der Waals surface area contributed by atoms with E-state index in [1.165, 1.54) is 0 Å². The van der Waals surface area contributed by atoms with Gasteiger partial charge in [0.1, 0.15) is 5.52 Å². The van der Waals surface area contributed by atoms with Crippen molar-refractivity contribution >= 4 is 46.4 Å². The number of imidazole rings is 1. The van der Waals surface area contributed by atoms with Gasteiger partial charge in [0.15, 0.2) is 5.65 Å². The van der Waals surface area contributed by atoms with Gasteiger partial charge in [-0.3, -0.25) is 4.57 Å². The summed E-state index contributed by atoms with van der Waals surface area (Å²) in [5.41, 5.74) is 2.15. The summed E-state index contributed by atoms with van der Waals surface area (Å²) in [6, 6.07) is 7.58. The molecule has 1 aliphatic carbocycles.